The van der Waals surface area contributed by atoms with Crippen LogP contribution in [0.3, 0.4) is 0 Å². The van der Waals surface area contributed by atoms with E-state index in [0.29, 0.717) is 6.42 Å². The Morgan fingerprint density at radius 2 is 2.40 bits per heavy atom. The zero-order chi connectivity index (χ0) is 11.1. The van der Waals surface area contributed by atoms with Crippen LogP contribution in [0, 0.1) is 5.92 Å². The highest BCUT2D eigenvalue weighted by molar-refractivity contribution is 5.19. The van der Waals surface area contributed by atoms with Crippen molar-refractivity contribution in [1.82, 2.24) is 0 Å². The van der Waals surface area contributed by atoms with Crippen molar-refractivity contribution in [1.29, 1.82) is 0 Å². The summed E-state index contributed by atoms with van der Waals surface area (Å²) in [5.74, 6) is 0.281. The molecule has 1 aliphatic carbocycles. The van der Waals surface area contributed by atoms with Gasteiger partial charge in [0.05, 0.1) is 0 Å². The normalized spacial score (nSPS) is 22.6. The molecule has 3 nitrogen and oxygen atoms in total. The molecular formula is C12H20O3. The molecule has 2 N–H and O–H groups in total. The molecule has 0 aromatic carbocycles. The largest absolute Gasteiger partial charge is 0.366 e. The molecule has 2 unspecified atom stereocenters. The van der Waals surface area contributed by atoms with Crippen molar-refractivity contribution >= 4 is 0 Å². The van der Waals surface area contributed by atoms with Crippen molar-refractivity contribution < 1.29 is 15.3 Å². The van der Waals surface area contributed by atoms with Crippen molar-refractivity contribution in [3.8, 4) is 0 Å². The summed E-state index contributed by atoms with van der Waals surface area (Å²) in [5, 5.41) is 17.4. The Kier molecular flexibility index (Phi) is 5.61. The van der Waals surface area contributed by atoms with Crippen molar-refractivity contribution in [3.05, 3.63) is 23.8 Å². The second kappa shape index (κ2) is 6.77. The second-order valence-electron chi connectivity index (χ2n) is 4.07. The minimum atomic E-state index is -1.06. The lowest BCUT2D eigenvalue weighted by atomic mass is 9.89. The number of aliphatic hydroxyl groups is 1. The van der Waals surface area contributed by atoms with Crippen LogP contribution in [0.5, 0.6) is 0 Å². The van der Waals surface area contributed by atoms with Crippen molar-refractivity contribution in [2.75, 3.05) is 0 Å². The van der Waals surface area contributed by atoms with E-state index < -0.39 is 6.29 Å². The minimum Gasteiger partial charge on any atom is -0.366 e. The Labute approximate surface area is 91.0 Å². The van der Waals surface area contributed by atoms with Gasteiger partial charge in [0.2, 0.25) is 0 Å². The molecule has 0 aromatic heterocycles. The summed E-state index contributed by atoms with van der Waals surface area (Å²) in [4.78, 5) is 3.87. The molecule has 0 amide bonds. The molecule has 0 saturated carbocycles. The number of hydrogen-bond donors (Lipinski definition) is 2. The van der Waals surface area contributed by atoms with Gasteiger partial charge >= 0.3 is 0 Å². The van der Waals surface area contributed by atoms with Gasteiger partial charge in [-0.25, -0.2) is 10.1 Å². The molecule has 2 atom stereocenters. The van der Waals surface area contributed by atoms with Crippen LogP contribution in [0.4, 0.5) is 0 Å². The Hall–Kier alpha value is -0.640. The molecule has 0 saturated heterocycles. The molecular weight excluding hydrogens is 192 g/mol. The topological polar surface area (TPSA) is 49.7 Å². The van der Waals surface area contributed by atoms with Crippen molar-refractivity contribution in [2.45, 2.75) is 45.3 Å². The van der Waals surface area contributed by atoms with Gasteiger partial charge in [0.1, 0.15) is 0 Å². The Morgan fingerprint density at radius 1 is 1.60 bits per heavy atom. The van der Waals surface area contributed by atoms with Gasteiger partial charge in [-0.05, 0) is 25.2 Å². The fraction of sp³-hybridized carbons (Fsp3) is 0.667. The predicted octanol–water partition coefficient (Wildman–Crippen LogP) is 2.88. The van der Waals surface area contributed by atoms with Gasteiger partial charge in [0, 0.05) is 6.42 Å². The van der Waals surface area contributed by atoms with E-state index in [0.717, 1.165) is 12.8 Å². The lowest BCUT2D eigenvalue weighted by Gasteiger charge is -2.19. The van der Waals surface area contributed by atoms with Crippen LogP contribution in [-0.2, 0) is 4.89 Å². The Morgan fingerprint density at radius 3 is 3.07 bits per heavy atom. The Bertz CT molecular complexity index is 233. The van der Waals surface area contributed by atoms with E-state index in [1.807, 2.05) is 6.08 Å². The maximum Gasteiger partial charge on any atom is 0.188 e. The Balaban J connectivity index is 2.34. The maximum atomic E-state index is 9.15. The fourth-order valence-corrected chi connectivity index (χ4v) is 1.87. The number of hydrogen-bond acceptors (Lipinski definition) is 3. The molecule has 0 spiro atoms. The molecule has 15 heavy (non-hydrogen) atoms. The number of aliphatic hydroxyl groups excluding tert-OH is 1. The summed E-state index contributed by atoms with van der Waals surface area (Å²) < 4.78 is 0. The van der Waals surface area contributed by atoms with Gasteiger partial charge in [0.15, 0.2) is 6.29 Å². The average Bonchev–Trinajstić information content (AvgIpc) is 2.26. The number of rotatable bonds is 6. The summed E-state index contributed by atoms with van der Waals surface area (Å²) >= 11 is 0. The predicted molar refractivity (Wildman–Crippen MR) is 59.2 cm³/mol. The first-order valence-corrected chi connectivity index (χ1v) is 5.60. The van der Waals surface area contributed by atoms with Crippen molar-refractivity contribution in [2.24, 2.45) is 5.92 Å². The van der Waals surface area contributed by atoms with Crippen LogP contribution in [0.15, 0.2) is 23.8 Å². The summed E-state index contributed by atoms with van der Waals surface area (Å²) in [6, 6.07) is 0. The van der Waals surface area contributed by atoms with E-state index in [4.69, 9.17) is 10.4 Å². The smallest absolute Gasteiger partial charge is 0.188 e. The molecule has 0 heterocycles. The van der Waals surface area contributed by atoms with Gasteiger partial charge in [-0.2, -0.15) is 0 Å². The van der Waals surface area contributed by atoms with Crippen LogP contribution in [0.25, 0.3) is 0 Å². The first-order valence-electron chi connectivity index (χ1n) is 5.60. The zero-order valence-electron chi connectivity index (χ0n) is 9.22. The monoisotopic (exact) mass is 212 g/mol. The highest BCUT2D eigenvalue weighted by Crippen LogP contribution is 2.26. The quantitative estimate of drug-likeness (QED) is 0.404. The van der Waals surface area contributed by atoms with E-state index in [1.165, 1.54) is 18.4 Å². The number of unbranched alkanes of at least 4 members (excludes halogenated alkanes) is 1. The molecule has 1 rings (SSSR count). The molecule has 0 aliphatic heterocycles. The van der Waals surface area contributed by atoms with E-state index in [-0.39, 0.29) is 5.92 Å². The summed E-state index contributed by atoms with van der Waals surface area (Å²) in [5.41, 5.74) is 1.43. The third-order valence-corrected chi connectivity index (χ3v) is 2.72. The van der Waals surface area contributed by atoms with Gasteiger partial charge in [-0.3, -0.25) is 0 Å². The maximum absolute atomic E-state index is 9.15. The summed E-state index contributed by atoms with van der Waals surface area (Å²) in [6.45, 7) is 2.18. The first kappa shape index (κ1) is 12.4. The molecule has 0 radical (unpaired) electrons. The minimum absolute atomic E-state index is 0.281. The lowest BCUT2D eigenvalue weighted by Crippen LogP contribution is -2.15. The van der Waals surface area contributed by atoms with E-state index in [2.05, 4.69) is 24.0 Å². The molecule has 86 valence electrons. The molecule has 0 fully saturated rings. The highest BCUT2D eigenvalue weighted by atomic mass is 17.1. The standard InChI is InChI=1S/C12H20O3/c1-2-3-5-10-6-4-7-11(8-10)9-12(13)15-14/h4,6-7,11-14H,2-3,5,8-9H2,1H3. The summed E-state index contributed by atoms with van der Waals surface area (Å²) in [6.07, 6.45) is 10.1. The van der Waals surface area contributed by atoms with Crippen LogP contribution < -0.4 is 0 Å². The summed E-state index contributed by atoms with van der Waals surface area (Å²) in [7, 11) is 0. The zero-order valence-corrected chi connectivity index (χ0v) is 9.22. The van der Waals surface area contributed by atoms with Crippen LogP contribution in [0.2, 0.25) is 0 Å². The van der Waals surface area contributed by atoms with E-state index in [1.54, 1.807) is 0 Å². The van der Waals surface area contributed by atoms with Crippen molar-refractivity contribution in [3.63, 3.8) is 0 Å². The van der Waals surface area contributed by atoms with Crippen LogP contribution in [-0.4, -0.2) is 16.7 Å². The fourth-order valence-electron chi connectivity index (χ4n) is 1.87. The second-order valence-corrected chi connectivity index (χ2v) is 4.07. The third-order valence-electron chi connectivity index (χ3n) is 2.72. The van der Waals surface area contributed by atoms with E-state index in [9.17, 15) is 0 Å². The first-order chi connectivity index (χ1) is 7.26. The molecule has 0 bridgehead atoms. The van der Waals surface area contributed by atoms with Crippen LogP contribution >= 0.6 is 0 Å². The third kappa shape index (κ3) is 4.60. The van der Waals surface area contributed by atoms with Gasteiger partial charge < -0.3 is 5.11 Å². The van der Waals surface area contributed by atoms with E-state index >= 15 is 0 Å². The lowest BCUT2D eigenvalue weighted by molar-refractivity contribution is -0.336. The highest BCUT2D eigenvalue weighted by Gasteiger charge is 2.15. The molecule has 0 aromatic rings. The van der Waals surface area contributed by atoms with Gasteiger partial charge in [-0.15, -0.1) is 0 Å². The van der Waals surface area contributed by atoms with Crippen LogP contribution in [0.1, 0.15) is 39.0 Å². The number of allylic oxidation sites excluding steroid dienone is 4. The SMILES string of the molecule is CCCCC1=CC=CC(CC(O)OO)C1. The molecule has 3 heteroatoms. The van der Waals surface area contributed by atoms with Gasteiger partial charge in [-0.1, -0.05) is 37.1 Å². The average molecular weight is 212 g/mol. The molecule has 1 aliphatic rings. The van der Waals surface area contributed by atoms with Gasteiger partial charge in [0.25, 0.3) is 0 Å².